The van der Waals surface area contributed by atoms with E-state index in [1.807, 2.05) is 0 Å². The van der Waals surface area contributed by atoms with E-state index in [-0.39, 0.29) is 11.1 Å². The van der Waals surface area contributed by atoms with Gasteiger partial charge in [0.2, 0.25) is 0 Å². The van der Waals surface area contributed by atoms with Gasteiger partial charge >= 0.3 is 6.18 Å². The lowest BCUT2D eigenvalue weighted by molar-refractivity contribution is -0.138. The van der Waals surface area contributed by atoms with E-state index in [0.29, 0.717) is 5.56 Å². The van der Waals surface area contributed by atoms with Crippen molar-refractivity contribution in [3.8, 4) is 16.9 Å². The predicted octanol–water partition coefficient (Wildman–Crippen LogP) is 3.09. The molecule has 1 heterocycles. The average Bonchev–Trinajstić information content (AvgIpc) is 2.34. The molecule has 0 amide bonds. The highest BCUT2D eigenvalue weighted by atomic mass is 19.4. The summed E-state index contributed by atoms with van der Waals surface area (Å²) in [7, 11) is 1.42. The van der Waals surface area contributed by atoms with Crippen molar-refractivity contribution >= 4 is 0 Å². The van der Waals surface area contributed by atoms with Crippen LogP contribution < -0.4 is 5.56 Å². The summed E-state index contributed by atoms with van der Waals surface area (Å²) in [5, 5.41) is 9.47. The molecule has 2 rings (SSSR count). The highest BCUT2D eigenvalue weighted by Gasteiger charge is 2.32. The molecule has 0 radical (unpaired) electrons. The van der Waals surface area contributed by atoms with Gasteiger partial charge in [0.25, 0.3) is 5.56 Å². The van der Waals surface area contributed by atoms with Gasteiger partial charge in [-0.25, -0.2) is 0 Å². The van der Waals surface area contributed by atoms with Crippen LogP contribution in [0.4, 0.5) is 13.2 Å². The molecule has 3 nitrogen and oxygen atoms in total. The van der Waals surface area contributed by atoms with Crippen LogP contribution in [0.2, 0.25) is 0 Å². The minimum atomic E-state index is -4.44. The SMILES string of the molecule is Cc1ccc(-c2cc(O)c(=O)n(C)c2)cc1C(F)(F)F. The second-order valence-corrected chi connectivity index (χ2v) is 4.56. The van der Waals surface area contributed by atoms with E-state index in [2.05, 4.69) is 0 Å². The van der Waals surface area contributed by atoms with Crippen LogP contribution in [0, 0.1) is 6.92 Å². The van der Waals surface area contributed by atoms with E-state index in [4.69, 9.17) is 0 Å². The number of pyridine rings is 1. The molecule has 0 fully saturated rings. The molecule has 0 saturated heterocycles. The number of hydrogen-bond acceptors (Lipinski definition) is 2. The van der Waals surface area contributed by atoms with Crippen LogP contribution in [0.5, 0.6) is 5.75 Å². The third-order valence-electron chi connectivity index (χ3n) is 3.04. The summed E-state index contributed by atoms with van der Waals surface area (Å²) in [6.45, 7) is 1.38. The number of nitrogens with zero attached hydrogens (tertiary/aromatic N) is 1. The zero-order valence-corrected chi connectivity index (χ0v) is 10.8. The molecule has 0 spiro atoms. The molecule has 106 valence electrons. The summed E-state index contributed by atoms with van der Waals surface area (Å²) in [5.41, 5.74) is -0.584. The smallest absolute Gasteiger partial charge is 0.416 e. The number of alkyl halides is 3. The van der Waals surface area contributed by atoms with Crippen molar-refractivity contribution in [2.45, 2.75) is 13.1 Å². The predicted molar refractivity (Wildman–Crippen MR) is 68.5 cm³/mol. The van der Waals surface area contributed by atoms with E-state index in [9.17, 15) is 23.1 Å². The fourth-order valence-electron chi connectivity index (χ4n) is 1.96. The van der Waals surface area contributed by atoms with E-state index >= 15 is 0 Å². The van der Waals surface area contributed by atoms with Gasteiger partial charge in [-0.1, -0.05) is 12.1 Å². The number of aromatic hydroxyl groups is 1. The third kappa shape index (κ3) is 2.54. The summed E-state index contributed by atoms with van der Waals surface area (Å²) in [6.07, 6.45) is -3.06. The molecule has 1 N–H and O–H groups in total. The van der Waals surface area contributed by atoms with Gasteiger partial charge in [0, 0.05) is 18.8 Å². The monoisotopic (exact) mass is 283 g/mol. The van der Waals surface area contributed by atoms with Gasteiger partial charge < -0.3 is 9.67 Å². The number of rotatable bonds is 1. The third-order valence-corrected chi connectivity index (χ3v) is 3.04. The lowest BCUT2D eigenvalue weighted by Gasteiger charge is -2.13. The van der Waals surface area contributed by atoms with Crippen molar-refractivity contribution < 1.29 is 18.3 Å². The van der Waals surface area contributed by atoms with Crippen LogP contribution in [-0.2, 0) is 13.2 Å². The maximum atomic E-state index is 12.9. The van der Waals surface area contributed by atoms with Gasteiger partial charge in [0.1, 0.15) is 0 Å². The first-order chi connectivity index (χ1) is 9.20. The second kappa shape index (κ2) is 4.70. The van der Waals surface area contributed by atoms with Crippen LogP contribution in [0.25, 0.3) is 11.1 Å². The van der Waals surface area contributed by atoms with Gasteiger partial charge in [-0.05, 0) is 30.2 Å². The van der Waals surface area contributed by atoms with E-state index < -0.39 is 23.0 Å². The molecule has 0 bridgehead atoms. The summed E-state index contributed by atoms with van der Waals surface area (Å²) >= 11 is 0. The van der Waals surface area contributed by atoms with E-state index in [0.717, 1.165) is 16.7 Å². The molecule has 1 aromatic carbocycles. The molecule has 1 aromatic heterocycles. The quantitative estimate of drug-likeness (QED) is 0.874. The van der Waals surface area contributed by atoms with Crippen molar-refractivity contribution in [2.75, 3.05) is 0 Å². The lowest BCUT2D eigenvalue weighted by atomic mass is 10.0. The van der Waals surface area contributed by atoms with Gasteiger partial charge in [-0.3, -0.25) is 4.79 Å². The van der Waals surface area contributed by atoms with E-state index in [1.165, 1.54) is 32.3 Å². The number of halogens is 3. The average molecular weight is 283 g/mol. The Bertz CT molecular complexity index is 691. The molecule has 2 aromatic rings. The first-order valence-electron chi connectivity index (χ1n) is 5.78. The fourth-order valence-corrected chi connectivity index (χ4v) is 1.96. The van der Waals surface area contributed by atoms with Gasteiger partial charge in [0.05, 0.1) is 5.56 Å². The van der Waals surface area contributed by atoms with E-state index in [1.54, 1.807) is 0 Å². The maximum absolute atomic E-state index is 12.9. The van der Waals surface area contributed by atoms with Crippen molar-refractivity contribution in [3.63, 3.8) is 0 Å². The van der Waals surface area contributed by atoms with Crippen molar-refractivity contribution in [3.05, 3.63) is 51.9 Å². The molecule has 0 saturated carbocycles. The number of aryl methyl sites for hydroxylation is 2. The Morgan fingerprint density at radius 1 is 1.15 bits per heavy atom. The van der Waals surface area contributed by atoms with Crippen LogP contribution in [0.15, 0.2) is 35.3 Å². The summed E-state index contributed by atoms with van der Waals surface area (Å²) < 4.78 is 39.7. The second-order valence-electron chi connectivity index (χ2n) is 4.56. The van der Waals surface area contributed by atoms with Crippen LogP contribution >= 0.6 is 0 Å². The Kier molecular flexibility index (Phi) is 3.33. The highest BCUT2D eigenvalue weighted by molar-refractivity contribution is 5.65. The first-order valence-corrected chi connectivity index (χ1v) is 5.78. The zero-order valence-electron chi connectivity index (χ0n) is 10.8. The highest BCUT2D eigenvalue weighted by Crippen LogP contribution is 2.34. The Labute approximate surface area is 112 Å². The summed E-state index contributed by atoms with van der Waals surface area (Å²) in [5.74, 6) is -0.501. The zero-order chi connectivity index (χ0) is 15.1. The Morgan fingerprint density at radius 2 is 1.80 bits per heavy atom. The maximum Gasteiger partial charge on any atom is 0.416 e. The lowest BCUT2D eigenvalue weighted by Crippen LogP contribution is -2.15. The number of hydrogen-bond donors (Lipinski definition) is 1. The molecular formula is C14H12F3NO2. The van der Waals surface area contributed by atoms with Crippen molar-refractivity contribution in [1.29, 1.82) is 0 Å². The van der Waals surface area contributed by atoms with Gasteiger partial charge in [-0.2, -0.15) is 13.2 Å². The molecule has 0 atom stereocenters. The molecule has 0 unspecified atom stereocenters. The van der Waals surface area contributed by atoms with Crippen LogP contribution in [0.3, 0.4) is 0 Å². The molecule has 6 heteroatoms. The molecule has 0 aliphatic carbocycles. The molecule has 0 aliphatic heterocycles. The summed E-state index contributed by atoms with van der Waals surface area (Å²) in [6, 6.07) is 5.05. The van der Waals surface area contributed by atoms with Crippen molar-refractivity contribution in [2.24, 2.45) is 7.05 Å². The normalized spacial score (nSPS) is 11.7. The minimum absolute atomic E-state index is 0.121. The number of benzene rings is 1. The van der Waals surface area contributed by atoms with Gasteiger partial charge in [0.15, 0.2) is 5.75 Å². The Morgan fingerprint density at radius 3 is 2.35 bits per heavy atom. The van der Waals surface area contributed by atoms with Crippen LogP contribution in [0.1, 0.15) is 11.1 Å². The Balaban J connectivity index is 2.63. The Hall–Kier alpha value is -2.24. The van der Waals surface area contributed by atoms with Crippen LogP contribution in [-0.4, -0.2) is 9.67 Å². The largest absolute Gasteiger partial charge is 0.503 e. The molecule has 20 heavy (non-hydrogen) atoms. The van der Waals surface area contributed by atoms with Gasteiger partial charge in [-0.15, -0.1) is 0 Å². The summed E-state index contributed by atoms with van der Waals surface area (Å²) in [4.78, 5) is 11.4. The topological polar surface area (TPSA) is 42.2 Å². The standard InChI is InChI=1S/C14H12F3NO2/c1-8-3-4-9(5-11(8)14(15,16)17)10-6-12(19)13(20)18(2)7-10/h3-7,19H,1-2H3. The number of aromatic nitrogens is 1. The van der Waals surface area contributed by atoms with Crippen molar-refractivity contribution in [1.82, 2.24) is 4.57 Å². The minimum Gasteiger partial charge on any atom is -0.503 e. The molecule has 0 aliphatic rings. The molecular weight excluding hydrogens is 271 g/mol. The fraction of sp³-hybridized carbons (Fsp3) is 0.214. The first kappa shape index (κ1) is 14.2.